The molecule has 0 aromatic heterocycles. The molecule has 8 nitrogen and oxygen atoms in total. The number of hydrogen-bond acceptors (Lipinski definition) is 5. The first-order valence-corrected chi connectivity index (χ1v) is 9.74. The van der Waals surface area contributed by atoms with Gasteiger partial charge in [0.25, 0.3) is 5.91 Å². The summed E-state index contributed by atoms with van der Waals surface area (Å²) in [6.45, 7) is 2.22. The van der Waals surface area contributed by atoms with Gasteiger partial charge in [0, 0.05) is 19.0 Å². The quantitative estimate of drug-likeness (QED) is 0.749. The van der Waals surface area contributed by atoms with Crippen LogP contribution in [0.5, 0.6) is 0 Å². The van der Waals surface area contributed by atoms with E-state index in [0.717, 1.165) is 37.0 Å². The average molecular weight is 365 g/mol. The summed E-state index contributed by atoms with van der Waals surface area (Å²) < 4.78 is 11.1. The molecule has 0 bridgehead atoms. The van der Waals surface area contributed by atoms with E-state index in [0.29, 0.717) is 39.1 Å². The van der Waals surface area contributed by atoms with E-state index in [1.54, 1.807) is 4.90 Å². The van der Waals surface area contributed by atoms with Crippen molar-refractivity contribution in [1.29, 1.82) is 0 Å². The fourth-order valence-electron chi connectivity index (χ4n) is 4.66. The van der Waals surface area contributed by atoms with Crippen LogP contribution in [0.25, 0.3) is 0 Å². The van der Waals surface area contributed by atoms with Crippen LogP contribution in [0.4, 0.5) is 4.79 Å². The van der Waals surface area contributed by atoms with Gasteiger partial charge in [0.05, 0.1) is 13.2 Å². The predicted octanol–water partition coefficient (Wildman–Crippen LogP) is 0.853. The molecule has 0 radical (unpaired) electrons. The molecule has 4 rings (SSSR count). The smallest absolute Gasteiger partial charge is 0.325 e. The number of likely N-dealkylation sites (tertiary alicyclic amines) is 1. The lowest BCUT2D eigenvalue weighted by molar-refractivity contribution is -0.144. The number of carbonyl (C=O) groups excluding carboxylic acids is 3. The van der Waals surface area contributed by atoms with Crippen molar-refractivity contribution in [2.75, 3.05) is 32.8 Å². The first-order chi connectivity index (χ1) is 12.6. The van der Waals surface area contributed by atoms with Crippen molar-refractivity contribution in [3.05, 3.63) is 0 Å². The molecule has 0 aromatic carbocycles. The topological polar surface area (TPSA) is 88.2 Å². The van der Waals surface area contributed by atoms with Crippen LogP contribution in [-0.4, -0.2) is 72.3 Å². The van der Waals surface area contributed by atoms with Crippen LogP contribution >= 0.6 is 0 Å². The van der Waals surface area contributed by atoms with Gasteiger partial charge < -0.3 is 19.7 Å². The predicted molar refractivity (Wildman–Crippen MR) is 91.1 cm³/mol. The number of rotatable bonds is 3. The van der Waals surface area contributed by atoms with E-state index >= 15 is 0 Å². The van der Waals surface area contributed by atoms with Crippen LogP contribution in [0.1, 0.15) is 44.9 Å². The normalized spacial score (nSPS) is 29.5. The summed E-state index contributed by atoms with van der Waals surface area (Å²) in [5.41, 5.74) is -0.772. The van der Waals surface area contributed by atoms with E-state index in [-0.39, 0.29) is 30.6 Å². The van der Waals surface area contributed by atoms with Crippen molar-refractivity contribution in [2.24, 2.45) is 5.92 Å². The van der Waals surface area contributed by atoms with E-state index in [2.05, 4.69) is 5.32 Å². The molecule has 1 unspecified atom stereocenters. The zero-order valence-electron chi connectivity index (χ0n) is 15.1. The van der Waals surface area contributed by atoms with Gasteiger partial charge in [-0.15, -0.1) is 0 Å². The Morgan fingerprint density at radius 3 is 2.58 bits per heavy atom. The standard InChI is InChI=1S/C18H27N3O5/c22-14(20-8-4-5-13(11-20)15-25-9-10-26-15)12-21-16(23)18(19-17(21)24)6-2-1-3-7-18/h13,15H,1-12H2,(H,19,24). The van der Waals surface area contributed by atoms with Crippen molar-refractivity contribution < 1.29 is 23.9 Å². The molecule has 4 fully saturated rings. The van der Waals surface area contributed by atoms with E-state index < -0.39 is 11.6 Å². The van der Waals surface area contributed by atoms with Crippen molar-refractivity contribution in [1.82, 2.24) is 15.1 Å². The van der Waals surface area contributed by atoms with Crippen LogP contribution in [0.15, 0.2) is 0 Å². The van der Waals surface area contributed by atoms with Gasteiger partial charge in [-0.05, 0) is 25.7 Å². The van der Waals surface area contributed by atoms with Gasteiger partial charge in [-0.3, -0.25) is 14.5 Å². The third-order valence-electron chi connectivity index (χ3n) is 6.09. The Morgan fingerprint density at radius 2 is 1.85 bits per heavy atom. The maximum Gasteiger partial charge on any atom is 0.325 e. The Bertz CT molecular complexity index is 583. The second kappa shape index (κ2) is 7.15. The lowest BCUT2D eigenvalue weighted by Crippen LogP contribution is -2.50. The molecule has 144 valence electrons. The number of imide groups is 1. The summed E-state index contributed by atoms with van der Waals surface area (Å²) in [7, 11) is 0. The lowest BCUT2D eigenvalue weighted by atomic mass is 9.82. The summed E-state index contributed by atoms with van der Waals surface area (Å²) >= 11 is 0. The van der Waals surface area contributed by atoms with Gasteiger partial charge in [0.15, 0.2) is 6.29 Å². The van der Waals surface area contributed by atoms with Gasteiger partial charge in [0.2, 0.25) is 5.91 Å². The number of nitrogens with zero attached hydrogens (tertiary/aromatic N) is 2. The third kappa shape index (κ3) is 3.20. The minimum absolute atomic E-state index is 0.156. The summed E-state index contributed by atoms with van der Waals surface area (Å²) in [5, 5.41) is 2.86. The Labute approximate surface area is 153 Å². The second-order valence-electron chi connectivity index (χ2n) is 7.82. The molecule has 3 heterocycles. The highest BCUT2D eigenvalue weighted by Gasteiger charge is 2.51. The molecule has 1 atom stereocenters. The van der Waals surface area contributed by atoms with Crippen molar-refractivity contribution in [3.63, 3.8) is 0 Å². The minimum Gasteiger partial charge on any atom is -0.350 e. The molecule has 4 amide bonds. The van der Waals surface area contributed by atoms with E-state index in [9.17, 15) is 14.4 Å². The number of amides is 4. The number of urea groups is 1. The maximum absolute atomic E-state index is 12.8. The highest BCUT2D eigenvalue weighted by Crippen LogP contribution is 2.33. The molecular formula is C18H27N3O5. The molecule has 8 heteroatoms. The van der Waals surface area contributed by atoms with E-state index in [1.807, 2.05) is 0 Å². The van der Waals surface area contributed by atoms with Crippen LogP contribution < -0.4 is 5.32 Å². The van der Waals surface area contributed by atoms with Gasteiger partial charge in [-0.2, -0.15) is 0 Å². The molecule has 1 spiro atoms. The Morgan fingerprint density at radius 1 is 1.12 bits per heavy atom. The summed E-state index contributed by atoms with van der Waals surface area (Å²) in [6.07, 6.45) is 5.89. The van der Waals surface area contributed by atoms with Crippen LogP contribution in [-0.2, 0) is 19.1 Å². The zero-order valence-corrected chi connectivity index (χ0v) is 15.1. The summed E-state index contributed by atoms with van der Waals surface area (Å²) in [6, 6.07) is -0.429. The van der Waals surface area contributed by atoms with Crippen LogP contribution in [0.3, 0.4) is 0 Å². The Hall–Kier alpha value is -1.67. The number of nitrogens with one attached hydrogen (secondary N) is 1. The Kier molecular flexibility index (Phi) is 4.88. The van der Waals surface area contributed by atoms with Crippen LogP contribution in [0, 0.1) is 5.92 Å². The average Bonchev–Trinajstić information content (AvgIpc) is 3.27. The molecule has 3 aliphatic heterocycles. The Balaban J connectivity index is 1.38. The molecule has 3 saturated heterocycles. The second-order valence-corrected chi connectivity index (χ2v) is 7.82. The number of hydrogen-bond donors (Lipinski definition) is 1. The molecule has 0 aromatic rings. The first-order valence-electron chi connectivity index (χ1n) is 9.74. The molecule has 26 heavy (non-hydrogen) atoms. The summed E-state index contributed by atoms with van der Waals surface area (Å²) in [5.74, 6) is -0.251. The number of piperidine rings is 1. The van der Waals surface area contributed by atoms with Gasteiger partial charge in [0.1, 0.15) is 12.1 Å². The molecule has 1 aliphatic carbocycles. The molecular weight excluding hydrogens is 338 g/mol. The fourth-order valence-corrected chi connectivity index (χ4v) is 4.66. The van der Waals surface area contributed by atoms with Crippen molar-refractivity contribution >= 4 is 17.8 Å². The molecule has 1 N–H and O–H groups in total. The van der Waals surface area contributed by atoms with Gasteiger partial charge >= 0.3 is 6.03 Å². The highest BCUT2D eigenvalue weighted by molar-refractivity contribution is 6.09. The monoisotopic (exact) mass is 365 g/mol. The fraction of sp³-hybridized carbons (Fsp3) is 0.833. The molecule has 4 aliphatic rings. The zero-order chi connectivity index (χ0) is 18.1. The maximum atomic E-state index is 12.8. The SMILES string of the molecule is O=C(CN1C(=O)NC2(CCCCC2)C1=O)N1CCCC(C2OCCO2)C1. The van der Waals surface area contributed by atoms with Gasteiger partial charge in [-0.1, -0.05) is 19.3 Å². The van der Waals surface area contributed by atoms with Crippen molar-refractivity contribution in [3.8, 4) is 0 Å². The van der Waals surface area contributed by atoms with Crippen molar-refractivity contribution in [2.45, 2.75) is 56.8 Å². The van der Waals surface area contributed by atoms with Gasteiger partial charge in [-0.25, -0.2) is 4.79 Å². The van der Waals surface area contributed by atoms with E-state index in [1.165, 1.54) is 0 Å². The number of carbonyl (C=O) groups is 3. The minimum atomic E-state index is -0.772. The lowest BCUT2D eigenvalue weighted by Gasteiger charge is -2.35. The first kappa shape index (κ1) is 17.7. The molecule has 1 saturated carbocycles. The largest absolute Gasteiger partial charge is 0.350 e. The van der Waals surface area contributed by atoms with E-state index in [4.69, 9.17) is 9.47 Å². The number of ether oxygens (including phenoxy) is 2. The van der Waals surface area contributed by atoms with Crippen LogP contribution in [0.2, 0.25) is 0 Å². The summed E-state index contributed by atoms with van der Waals surface area (Å²) in [4.78, 5) is 40.7. The highest BCUT2D eigenvalue weighted by atomic mass is 16.7. The third-order valence-corrected chi connectivity index (χ3v) is 6.09.